The average Bonchev–Trinajstić information content (AvgIpc) is 2.90. The molecule has 0 radical (unpaired) electrons. The van der Waals surface area contributed by atoms with Crippen molar-refractivity contribution in [2.24, 2.45) is 5.10 Å². The van der Waals surface area contributed by atoms with E-state index >= 15 is 0 Å². The van der Waals surface area contributed by atoms with Gasteiger partial charge in [0.15, 0.2) is 0 Å². The number of amides is 1. The number of carbonyl (C=O) groups is 1. The van der Waals surface area contributed by atoms with Gasteiger partial charge in [-0.3, -0.25) is 4.79 Å². The number of aryl methyl sites for hydroxylation is 1. The predicted molar refractivity (Wildman–Crippen MR) is 97.8 cm³/mol. The van der Waals surface area contributed by atoms with E-state index in [0.717, 1.165) is 18.9 Å². The Kier molecular flexibility index (Phi) is 5.16. The summed E-state index contributed by atoms with van der Waals surface area (Å²) in [6.45, 7) is 3.82. The number of hydrogen-bond donors (Lipinski definition) is 0. The van der Waals surface area contributed by atoms with Crippen LogP contribution in [0, 0.1) is 11.6 Å². The van der Waals surface area contributed by atoms with Crippen LogP contribution in [0.4, 0.5) is 8.78 Å². The normalized spacial score (nSPS) is 15.8. The molecule has 1 amide bonds. The van der Waals surface area contributed by atoms with Crippen LogP contribution in [0.15, 0.2) is 53.6 Å². The standard InChI is InChI=1S/C21H22F2N2O/c1-21(2)14-19(16-11-17(22)13-18(23)12-16)24-25(21)20(26)10-6-9-15-7-4-3-5-8-15/h3-5,7-8,11-13H,6,9-10,14H2,1-2H3. The third kappa shape index (κ3) is 4.15. The molecule has 2 aromatic rings. The van der Waals surface area contributed by atoms with E-state index in [1.165, 1.54) is 22.7 Å². The van der Waals surface area contributed by atoms with Gasteiger partial charge < -0.3 is 0 Å². The monoisotopic (exact) mass is 356 g/mol. The fourth-order valence-corrected chi connectivity index (χ4v) is 3.24. The zero-order chi connectivity index (χ0) is 18.7. The quantitative estimate of drug-likeness (QED) is 0.764. The Hall–Kier alpha value is -2.56. The van der Waals surface area contributed by atoms with E-state index in [0.29, 0.717) is 24.1 Å². The van der Waals surface area contributed by atoms with Gasteiger partial charge in [0.2, 0.25) is 5.91 Å². The number of hydrogen-bond acceptors (Lipinski definition) is 2. The SMILES string of the molecule is CC1(C)CC(c2cc(F)cc(F)c2)=NN1C(=O)CCCc1ccccc1. The molecule has 0 aromatic heterocycles. The summed E-state index contributed by atoms with van der Waals surface area (Å²) in [7, 11) is 0. The van der Waals surface area contributed by atoms with Gasteiger partial charge >= 0.3 is 0 Å². The van der Waals surface area contributed by atoms with Crippen molar-refractivity contribution in [3.63, 3.8) is 0 Å². The Balaban J connectivity index is 1.69. The summed E-state index contributed by atoms with van der Waals surface area (Å²) in [5.74, 6) is -1.36. The van der Waals surface area contributed by atoms with Crippen LogP contribution < -0.4 is 0 Å². The highest BCUT2D eigenvalue weighted by atomic mass is 19.1. The molecule has 5 heteroatoms. The summed E-state index contributed by atoms with van der Waals surface area (Å²) in [6, 6.07) is 13.3. The zero-order valence-electron chi connectivity index (χ0n) is 15.0. The van der Waals surface area contributed by atoms with Gasteiger partial charge in [0, 0.05) is 24.5 Å². The second-order valence-corrected chi connectivity index (χ2v) is 7.24. The van der Waals surface area contributed by atoms with E-state index in [1.54, 1.807) is 0 Å². The molecule has 0 saturated carbocycles. The van der Waals surface area contributed by atoms with E-state index in [-0.39, 0.29) is 5.91 Å². The maximum atomic E-state index is 13.5. The zero-order valence-corrected chi connectivity index (χ0v) is 15.0. The molecular formula is C21H22F2N2O. The first kappa shape index (κ1) is 18.2. The average molecular weight is 356 g/mol. The van der Waals surface area contributed by atoms with Gasteiger partial charge in [-0.25, -0.2) is 13.8 Å². The molecule has 0 saturated heterocycles. The lowest BCUT2D eigenvalue weighted by atomic mass is 9.94. The van der Waals surface area contributed by atoms with Crippen molar-refractivity contribution < 1.29 is 13.6 Å². The van der Waals surface area contributed by atoms with Crippen LogP contribution in [-0.4, -0.2) is 22.2 Å². The third-order valence-corrected chi connectivity index (χ3v) is 4.53. The van der Waals surface area contributed by atoms with Crippen molar-refractivity contribution >= 4 is 11.6 Å². The number of nitrogens with zero attached hydrogens (tertiary/aromatic N) is 2. The van der Waals surface area contributed by atoms with E-state index in [4.69, 9.17) is 0 Å². The highest BCUT2D eigenvalue weighted by Gasteiger charge is 2.38. The summed E-state index contributed by atoms with van der Waals surface area (Å²) in [4.78, 5) is 12.6. The summed E-state index contributed by atoms with van der Waals surface area (Å²) in [5.41, 5.74) is 1.60. The number of carbonyl (C=O) groups excluding carboxylic acids is 1. The van der Waals surface area contributed by atoms with Gasteiger partial charge in [-0.05, 0) is 44.4 Å². The Morgan fingerprint density at radius 3 is 2.42 bits per heavy atom. The first-order chi connectivity index (χ1) is 12.3. The minimum Gasteiger partial charge on any atom is -0.273 e. The van der Waals surface area contributed by atoms with Gasteiger partial charge in [0.25, 0.3) is 0 Å². The van der Waals surface area contributed by atoms with Crippen molar-refractivity contribution in [2.75, 3.05) is 0 Å². The second kappa shape index (κ2) is 7.36. The fourth-order valence-electron chi connectivity index (χ4n) is 3.24. The summed E-state index contributed by atoms with van der Waals surface area (Å²) in [5, 5.41) is 5.85. The van der Waals surface area contributed by atoms with Crippen LogP contribution in [0.5, 0.6) is 0 Å². The molecule has 3 rings (SSSR count). The predicted octanol–water partition coefficient (Wildman–Crippen LogP) is 4.70. The Bertz CT molecular complexity index is 811. The molecule has 0 fully saturated rings. The lowest BCUT2D eigenvalue weighted by Crippen LogP contribution is -2.40. The lowest BCUT2D eigenvalue weighted by molar-refractivity contribution is -0.135. The van der Waals surface area contributed by atoms with Crippen molar-refractivity contribution in [3.8, 4) is 0 Å². The highest BCUT2D eigenvalue weighted by Crippen LogP contribution is 2.30. The maximum absolute atomic E-state index is 13.5. The first-order valence-corrected chi connectivity index (χ1v) is 8.76. The Morgan fingerprint density at radius 2 is 1.77 bits per heavy atom. The fraction of sp³-hybridized carbons (Fsp3) is 0.333. The molecule has 1 aliphatic rings. The minimum atomic E-state index is -0.645. The van der Waals surface area contributed by atoms with E-state index in [2.05, 4.69) is 5.10 Å². The summed E-state index contributed by atoms with van der Waals surface area (Å²) < 4.78 is 27.0. The second-order valence-electron chi connectivity index (χ2n) is 7.24. The van der Waals surface area contributed by atoms with Crippen molar-refractivity contribution in [1.29, 1.82) is 0 Å². The number of hydrazone groups is 1. The van der Waals surface area contributed by atoms with Crippen LogP contribution >= 0.6 is 0 Å². The maximum Gasteiger partial charge on any atom is 0.243 e. The first-order valence-electron chi connectivity index (χ1n) is 8.76. The number of rotatable bonds is 5. The highest BCUT2D eigenvalue weighted by molar-refractivity contribution is 6.03. The van der Waals surface area contributed by atoms with Crippen LogP contribution in [0.3, 0.4) is 0 Å². The van der Waals surface area contributed by atoms with Gasteiger partial charge in [0.1, 0.15) is 11.6 Å². The molecule has 136 valence electrons. The molecule has 3 nitrogen and oxygen atoms in total. The van der Waals surface area contributed by atoms with Crippen molar-refractivity contribution in [2.45, 2.75) is 45.1 Å². The van der Waals surface area contributed by atoms with Gasteiger partial charge in [0.05, 0.1) is 11.3 Å². The minimum absolute atomic E-state index is 0.0715. The molecule has 0 N–H and O–H groups in total. The van der Waals surface area contributed by atoms with E-state index in [9.17, 15) is 13.6 Å². The van der Waals surface area contributed by atoms with E-state index in [1.807, 2.05) is 44.2 Å². The molecule has 0 spiro atoms. The lowest BCUT2D eigenvalue weighted by Gasteiger charge is -2.28. The van der Waals surface area contributed by atoms with Crippen molar-refractivity contribution in [3.05, 3.63) is 71.3 Å². The molecule has 1 aliphatic heterocycles. The molecule has 0 unspecified atom stereocenters. The third-order valence-electron chi connectivity index (χ3n) is 4.53. The molecule has 0 bridgehead atoms. The van der Waals surface area contributed by atoms with Gasteiger partial charge in [-0.1, -0.05) is 30.3 Å². The Labute approximate surface area is 152 Å². The molecule has 2 aromatic carbocycles. The van der Waals surface area contributed by atoms with Crippen molar-refractivity contribution in [1.82, 2.24) is 5.01 Å². The van der Waals surface area contributed by atoms with E-state index < -0.39 is 17.2 Å². The van der Waals surface area contributed by atoms with Gasteiger partial charge in [-0.15, -0.1) is 0 Å². The number of halogens is 2. The number of benzene rings is 2. The molecule has 0 atom stereocenters. The molecule has 0 aliphatic carbocycles. The van der Waals surface area contributed by atoms with Crippen LogP contribution in [-0.2, 0) is 11.2 Å². The molecular weight excluding hydrogens is 334 g/mol. The Morgan fingerprint density at radius 1 is 1.12 bits per heavy atom. The van der Waals surface area contributed by atoms with Crippen LogP contribution in [0.1, 0.15) is 44.2 Å². The molecule has 26 heavy (non-hydrogen) atoms. The topological polar surface area (TPSA) is 32.7 Å². The summed E-state index contributed by atoms with van der Waals surface area (Å²) >= 11 is 0. The molecule has 1 heterocycles. The van der Waals surface area contributed by atoms with Crippen LogP contribution in [0.25, 0.3) is 0 Å². The van der Waals surface area contributed by atoms with Crippen LogP contribution in [0.2, 0.25) is 0 Å². The summed E-state index contributed by atoms with van der Waals surface area (Å²) in [6.07, 6.45) is 2.40. The van der Waals surface area contributed by atoms with Gasteiger partial charge in [-0.2, -0.15) is 5.10 Å². The largest absolute Gasteiger partial charge is 0.273 e. The smallest absolute Gasteiger partial charge is 0.243 e.